The average Bonchev–Trinajstić information content (AvgIpc) is 3.17. The number of aromatic nitrogens is 2. The molecule has 4 rings (SSSR count). The molecule has 2 aliphatic rings. The third-order valence-electron chi connectivity index (χ3n) is 5.43. The number of fused-ring (bicyclic) bond motifs is 4. The van der Waals surface area contributed by atoms with Crippen molar-refractivity contribution in [1.82, 2.24) is 15.3 Å². The van der Waals surface area contributed by atoms with E-state index in [1.54, 1.807) is 0 Å². The van der Waals surface area contributed by atoms with Crippen LogP contribution < -0.4 is 20.4 Å². The number of nitro groups is 1. The van der Waals surface area contributed by atoms with Crippen molar-refractivity contribution in [2.45, 2.75) is 31.6 Å². The van der Waals surface area contributed by atoms with E-state index in [1.165, 1.54) is 29.3 Å². The van der Waals surface area contributed by atoms with Crippen LogP contribution in [0.4, 0.5) is 41.0 Å². The molecule has 0 radical (unpaired) electrons. The first-order valence-corrected chi connectivity index (χ1v) is 9.89. The van der Waals surface area contributed by atoms with Crippen LogP contribution in [-0.2, 0) is 0 Å². The molecule has 3 amide bonds. The first-order valence-electron chi connectivity index (χ1n) is 9.89. The quantitative estimate of drug-likeness (QED) is 0.524. The molecule has 2 aromatic rings. The summed E-state index contributed by atoms with van der Waals surface area (Å²) in [5.41, 5.74) is 0.00666. The van der Waals surface area contributed by atoms with Crippen LogP contribution >= 0.6 is 0 Å². The van der Waals surface area contributed by atoms with Crippen LogP contribution in [-0.4, -0.2) is 58.2 Å². The Morgan fingerprint density at radius 3 is 2.76 bits per heavy atom. The van der Waals surface area contributed by atoms with Crippen molar-refractivity contribution in [3.63, 3.8) is 0 Å². The average molecular weight is 465 g/mol. The number of halogens is 3. The van der Waals surface area contributed by atoms with Crippen molar-refractivity contribution in [2.24, 2.45) is 0 Å². The van der Waals surface area contributed by atoms with Gasteiger partial charge in [-0.25, -0.2) is 14.8 Å². The summed E-state index contributed by atoms with van der Waals surface area (Å²) >= 11 is 0. The third-order valence-corrected chi connectivity index (χ3v) is 5.43. The van der Waals surface area contributed by atoms with Crippen molar-refractivity contribution in [3.05, 3.63) is 46.3 Å². The van der Waals surface area contributed by atoms with E-state index in [9.17, 15) is 32.9 Å². The minimum atomic E-state index is -4.62. The van der Waals surface area contributed by atoms with Gasteiger partial charge in [-0.05, 0) is 25.5 Å². The molecule has 0 aliphatic carbocycles. The molecule has 11 nitrogen and oxygen atoms in total. The Bertz CT molecular complexity index is 1130. The molecule has 2 aliphatic heterocycles. The van der Waals surface area contributed by atoms with E-state index in [4.69, 9.17) is 0 Å². The molecule has 4 heterocycles. The summed E-state index contributed by atoms with van der Waals surface area (Å²) in [6.07, 6.45) is -2.84. The second-order valence-corrected chi connectivity index (χ2v) is 7.62. The molecule has 0 spiro atoms. The predicted molar refractivity (Wildman–Crippen MR) is 110 cm³/mol. The fourth-order valence-electron chi connectivity index (χ4n) is 3.72. The number of nitrogens with zero attached hydrogens (tertiary/aromatic N) is 5. The van der Waals surface area contributed by atoms with E-state index in [0.717, 1.165) is 13.0 Å². The lowest BCUT2D eigenvalue weighted by molar-refractivity contribution is -0.384. The van der Waals surface area contributed by atoms with Gasteiger partial charge < -0.3 is 10.2 Å². The number of anilines is 3. The standard InChI is InChI=1S/C19H18F3N7O4/c1-10(19(20,21)22)24-17(30)13-2-3-14-16(25-13)28(12-5-7-27(14)9-12)18(31)26-15-8-11(29(32)33)4-6-23-15/h2-4,6,8,10,12H,5,7,9H2,1H3,(H,24,30)(H,23,26,31)/t10-,12?/m1/s1. The highest BCUT2D eigenvalue weighted by Crippen LogP contribution is 2.39. The summed E-state index contributed by atoms with van der Waals surface area (Å²) in [6, 6.07) is 2.04. The highest BCUT2D eigenvalue weighted by molar-refractivity contribution is 6.05. The van der Waals surface area contributed by atoms with Gasteiger partial charge in [-0.3, -0.25) is 25.1 Å². The van der Waals surface area contributed by atoms with Gasteiger partial charge in [-0.15, -0.1) is 0 Å². The lowest BCUT2D eigenvalue weighted by Gasteiger charge is -2.35. The summed E-state index contributed by atoms with van der Waals surface area (Å²) in [5, 5.41) is 15.3. The highest BCUT2D eigenvalue weighted by atomic mass is 19.4. The van der Waals surface area contributed by atoms with Crippen molar-refractivity contribution in [3.8, 4) is 0 Å². The molecule has 1 unspecified atom stereocenters. The van der Waals surface area contributed by atoms with Crippen molar-refractivity contribution < 1.29 is 27.7 Å². The van der Waals surface area contributed by atoms with Crippen LogP contribution in [0.5, 0.6) is 0 Å². The van der Waals surface area contributed by atoms with Crippen LogP contribution in [0.2, 0.25) is 0 Å². The number of alkyl halides is 3. The Kier molecular flexibility index (Phi) is 5.51. The van der Waals surface area contributed by atoms with Gasteiger partial charge in [0.25, 0.3) is 11.6 Å². The predicted octanol–water partition coefficient (Wildman–Crippen LogP) is 2.70. The molecule has 1 fully saturated rings. The van der Waals surface area contributed by atoms with E-state index in [2.05, 4.69) is 15.3 Å². The summed E-state index contributed by atoms with van der Waals surface area (Å²) in [4.78, 5) is 47.2. The van der Waals surface area contributed by atoms with E-state index < -0.39 is 29.1 Å². The third kappa shape index (κ3) is 4.36. The minimum Gasteiger partial charge on any atom is -0.366 e. The molecule has 33 heavy (non-hydrogen) atoms. The number of hydrogen-bond donors (Lipinski definition) is 2. The molecule has 2 bridgehead atoms. The number of pyridine rings is 2. The number of urea groups is 1. The number of rotatable bonds is 4. The largest absolute Gasteiger partial charge is 0.408 e. The lowest BCUT2D eigenvalue weighted by Crippen LogP contribution is -2.49. The summed E-state index contributed by atoms with van der Waals surface area (Å²) in [6.45, 7) is 1.93. The summed E-state index contributed by atoms with van der Waals surface area (Å²) < 4.78 is 38.4. The number of amides is 3. The Morgan fingerprint density at radius 1 is 1.30 bits per heavy atom. The first kappa shape index (κ1) is 22.2. The van der Waals surface area contributed by atoms with E-state index in [-0.39, 0.29) is 29.1 Å². The van der Waals surface area contributed by atoms with E-state index in [0.29, 0.717) is 25.2 Å². The van der Waals surface area contributed by atoms with Gasteiger partial charge in [0.05, 0.1) is 22.7 Å². The maximum absolute atomic E-state index is 13.1. The van der Waals surface area contributed by atoms with E-state index in [1.807, 2.05) is 10.2 Å². The molecule has 0 saturated carbocycles. The van der Waals surface area contributed by atoms with Crippen LogP contribution in [0, 0.1) is 10.1 Å². The molecule has 14 heteroatoms. The molecule has 0 aromatic carbocycles. The molecule has 174 valence electrons. The van der Waals surface area contributed by atoms with Gasteiger partial charge in [0.2, 0.25) is 0 Å². The number of nitrogens with one attached hydrogen (secondary N) is 2. The number of hydrogen-bond acceptors (Lipinski definition) is 7. The molecule has 1 saturated heterocycles. The van der Waals surface area contributed by atoms with Gasteiger partial charge in [-0.1, -0.05) is 0 Å². The zero-order valence-electron chi connectivity index (χ0n) is 17.2. The first-order chi connectivity index (χ1) is 15.5. The number of carbonyl (C=O) groups excluding carboxylic acids is 2. The minimum absolute atomic E-state index is 0.0518. The van der Waals surface area contributed by atoms with Crippen LogP contribution in [0.25, 0.3) is 0 Å². The van der Waals surface area contributed by atoms with Crippen LogP contribution in [0.15, 0.2) is 30.5 Å². The maximum Gasteiger partial charge on any atom is 0.408 e. The van der Waals surface area contributed by atoms with Gasteiger partial charge in [-0.2, -0.15) is 13.2 Å². The lowest BCUT2D eigenvalue weighted by atomic mass is 10.1. The van der Waals surface area contributed by atoms with Crippen molar-refractivity contribution in [1.29, 1.82) is 0 Å². The Morgan fingerprint density at radius 2 is 2.06 bits per heavy atom. The van der Waals surface area contributed by atoms with Gasteiger partial charge in [0, 0.05) is 25.4 Å². The van der Waals surface area contributed by atoms with Gasteiger partial charge >= 0.3 is 12.2 Å². The number of carbonyl (C=O) groups is 2. The monoisotopic (exact) mass is 465 g/mol. The van der Waals surface area contributed by atoms with Crippen molar-refractivity contribution in [2.75, 3.05) is 28.2 Å². The Balaban J connectivity index is 1.62. The van der Waals surface area contributed by atoms with Crippen LogP contribution in [0.3, 0.4) is 0 Å². The molecular formula is C19H18F3N7O4. The molecular weight excluding hydrogens is 447 g/mol. The fraction of sp³-hybridized carbons (Fsp3) is 0.368. The summed E-state index contributed by atoms with van der Waals surface area (Å²) in [5.74, 6) is -0.973. The topological polar surface area (TPSA) is 134 Å². The zero-order valence-corrected chi connectivity index (χ0v) is 17.2. The SMILES string of the molecule is C[C@@H](NC(=O)c1ccc2c(n1)N(C(=O)Nc1cc([N+](=O)[O-])ccn1)C1CCN2C1)C(F)(F)F. The van der Waals surface area contributed by atoms with Crippen molar-refractivity contribution >= 4 is 34.9 Å². The Labute approximate surface area is 184 Å². The smallest absolute Gasteiger partial charge is 0.366 e. The highest BCUT2D eigenvalue weighted by Gasteiger charge is 2.41. The zero-order chi connectivity index (χ0) is 23.9. The van der Waals surface area contributed by atoms with Crippen LogP contribution in [0.1, 0.15) is 23.8 Å². The molecule has 2 N–H and O–H groups in total. The Hall–Kier alpha value is -3.97. The van der Waals surface area contributed by atoms with E-state index >= 15 is 0 Å². The van der Waals surface area contributed by atoms with Gasteiger partial charge in [0.1, 0.15) is 17.6 Å². The normalized spacial score (nSPS) is 17.9. The second-order valence-electron chi connectivity index (χ2n) is 7.62. The summed E-state index contributed by atoms with van der Waals surface area (Å²) in [7, 11) is 0. The molecule has 2 aromatic heterocycles. The second kappa shape index (κ2) is 8.18. The maximum atomic E-state index is 13.1. The fourth-order valence-corrected chi connectivity index (χ4v) is 3.72. The van der Waals surface area contributed by atoms with Gasteiger partial charge in [0.15, 0.2) is 5.82 Å². The molecule has 2 atom stereocenters.